The molecule has 0 bridgehead atoms. The normalized spacial score (nSPS) is 12.2. The maximum absolute atomic E-state index is 12.9. The van der Waals surface area contributed by atoms with Gasteiger partial charge in [0.05, 0.1) is 24.0 Å². The number of anilines is 1. The molecule has 3 rings (SSSR count). The van der Waals surface area contributed by atoms with Gasteiger partial charge in [0.25, 0.3) is 5.56 Å². The van der Waals surface area contributed by atoms with Crippen LogP contribution in [-0.2, 0) is 4.79 Å². The second-order valence-electron chi connectivity index (χ2n) is 6.01. The smallest absolute Gasteiger partial charge is 0.263 e. The highest BCUT2D eigenvalue weighted by molar-refractivity contribution is 7.18. The maximum Gasteiger partial charge on any atom is 0.263 e. The number of amides is 1. The number of carbonyl (C=O) groups excluding carboxylic acids is 1. The average molecular weight is 371 g/mol. The highest BCUT2D eigenvalue weighted by Crippen LogP contribution is 2.27. The molecule has 7 heteroatoms. The van der Waals surface area contributed by atoms with Gasteiger partial charge in [0.15, 0.2) is 0 Å². The molecule has 0 unspecified atom stereocenters. The summed E-state index contributed by atoms with van der Waals surface area (Å²) in [6, 6.07) is 6.52. The molecule has 2 aromatic heterocycles. The van der Waals surface area contributed by atoms with Crippen LogP contribution in [0, 0.1) is 13.8 Å². The number of thiophene rings is 1. The van der Waals surface area contributed by atoms with Gasteiger partial charge in [-0.3, -0.25) is 14.2 Å². The predicted octanol–water partition coefficient (Wildman–Crippen LogP) is 3.67. The molecule has 0 spiro atoms. The highest BCUT2D eigenvalue weighted by Gasteiger charge is 2.20. The van der Waals surface area contributed by atoms with E-state index in [1.165, 1.54) is 22.2 Å². The van der Waals surface area contributed by atoms with Crippen molar-refractivity contribution in [3.05, 3.63) is 51.4 Å². The van der Waals surface area contributed by atoms with Crippen molar-refractivity contribution in [2.45, 2.75) is 33.7 Å². The number of aromatic nitrogens is 2. The lowest BCUT2D eigenvalue weighted by Gasteiger charge is -2.16. The Morgan fingerprint density at radius 2 is 2.08 bits per heavy atom. The number of carbonyl (C=O) groups is 1. The summed E-state index contributed by atoms with van der Waals surface area (Å²) >= 11 is 1.49. The summed E-state index contributed by atoms with van der Waals surface area (Å²) in [5, 5.41) is 3.43. The Kier molecular flexibility index (Phi) is 5.08. The van der Waals surface area contributed by atoms with Gasteiger partial charge in [-0.2, -0.15) is 0 Å². The molecule has 1 atom stereocenters. The Morgan fingerprint density at radius 3 is 2.81 bits per heavy atom. The molecule has 1 aromatic carbocycles. The summed E-state index contributed by atoms with van der Waals surface area (Å²) in [4.78, 5) is 31.7. The standard InChI is InChI=1S/C19H21N3O3S/c1-5-25-15-9-7-6-8-14(15)21-17(23)12(3)22-10-20-18-16(19(22)24)11(2)13(4)26-18/h6-10,12H,5H2,1-4H3,(H,21,23)/t12-/m1/s1. The van der Waals surface area contributed by atoms with Crippen molar-refractivity contribution < 1.29 is 9.53 Å². The van der Waals surface area contributed by atoms with Gasteiger partial charge in [0.2, 0.25) is 5.91 Å². The van der Waals surface area contributed by atoms with Crippen LogP contribution in [0.5, 0.6) is 5.75 Å². The predicted molar refractivity (Wildman–Crippen MR) is 104 cm³/mol. The van der Waals surface area contributed by atoms with Crippen molar-refractivity contribution in [2.75, 3.05) is 11.9 Å². The largest absolute Gasteiger partial charge is 0.492 e. The number of rotatable bonds is 5. The molecule has 26 heavy (non-hydrogen) atoms. The first-order valence-electron chi connectivity index (χ1n) is 8.43. The number of ether oxygens (including phenoxy) is 1. The van der Waals surface area contributed by atoms with Gasteiger partial charge in [0.1, 0.15) is 16.6 Å². The minimum atomic E-state index is -0.700. The fourth-order valence-corrected chi connectivity index (χ4v) is 3.73. The molecule has 0 aliphatic carbocycles. The Balaban J connectivity index is 1.92. The first kappa shape index (κ1) is 18.1. The van der Waals surface area contributed by atoms with Crippen LogP contribution in [0.25, 0.3) is 10.2 Å². The molecular formula is C19H21N3O3S. The molecule has 6 nitrogen and oxygen atoms in total. The number of hydrogen-bond donors (Lipinski definition) is 1. The zero-order valence-electron chi connectivity index (χ0n) is 15.2. The Bertz CT molecular complexity index is 1020. The molecular weight excluding hydrogens is 350 g/mol. The van der Waals surface area contributed by atoms with Crippen molar-refractivity contribution in [3.8, 4) is 5.75 Å². The minimum Gasteiger partial charge on any atom is -0.492 e. The molecule has 136 valence electrons. The van der Waals surface area contributed by atoms with E-state index in [1.807, 2.05) is 32.9 Å². The molecule has 0 fully saturated rings. The van der Waals surface area contributed by atoms with Crippen LogP contribution >= 0.6 is 11.3 Å². The van der Waals surface area contributed by atoms with E-state index in [2.05, 4.69) is 10.3 Å². The van der Waals surface area contributed by atoms with E-state index in [0.29, 0.717) is 28.3 Å². The zero-order chi connectivity index (χ0) is 18.8. The van der Waals surface area contributed by atoms with Crippen molar-refractivity contribution in [3.63, 3.8) is 0 Å². The number of nitrogens with zero attached hydrogens (tertiary/aromatic N) is 2. The van der Waals surface area contributed by atoms with Crippen LogP contribution in [0.15, 0.2) is 35.4 Å². The van der Waals surface area contributed by atoms with E-state index < -0.39 is 6.04 Å². The third-order valence-corrected chi connectivity index (χ3v) is 5.47. The lowest BCUT2D eigenvalue weighted by molar-refractivity contribution is -0.118. The Labute approximate surface area is 155 Å². The van der Waals surface area contributed by atoms with Gasteiger partial charge in [-0.15, -0.1) is 11.3 Å². The van der Waals surface area contributed by atoms with Crippen molar-refractivity contribution in [1.82, 2.24) is 9.55 Å². The SMILES string of the molecule is CCOc1ccccc1NC(=O)[C@@H](C)n1cnc2sc(C)c(C)c2c1=O. The second kappa shape index (κ2) is 7.29. The summed E-state index contributed by atoms with van der Waals surface area (Å²) in [6.45, 7) is 7.94. The van der Waals surface area contributed by atoms with Crippen molar-refractivity contribution >= 4 is 33.1 Å². The van der Waals surface area contributed by atoms with Crippen LogP contribution in [0.1, 0.15) is 30.3 Å². The lowest BCUT2D eigenvalue weighted by atomic mass is 10.2. The third kappa shape index (κ3) is 3.22. The maximum atomic E-state index is 12.9. The monoisotopic (exact) mass is 371 g/mol. The van der Waals surface area contributed by atoms with Crippen LogP contribution in [-0.4, -0.2) is 22.1 Å². The van der Waals surface area contributed by atoms with Gasteiger partial charge in [-0.1, -0.05) is 12.1 Å². The number of hydrogen-bond acceptors (Lipinski definition) is 5. The van der Waals surface area contributed by atoms with E-state index in [-0.39, 0.29) is 11.5 Å². The number of nitrogens with one attached hydrogen (secondary N) is 1. The van der Waals surface area contributed by atoms with E-state index >= 15 is 0 Å². The van der Waals surface area contributed by atoms with Crippen LogP contribution in [0.2, 0.25) is 0 Å². The average Bonchev–Trinajstić information content (AvgIpc) is 2.91. The number of benzene rings is 1. The van der Waals surface area contributed by atoms with E-state index in [9.17, 15) is 9.59 Å². The first-order valence-corrected chi connectivity index (χ1v) is 9.25. The summed E-state index contributed by atoms with van der Waals surface area (Å²) in [6.07, 6.45) is 1.44. The molecule has 0 radical (unpaired) electrons. The quantitative estimate of drug-likeness (QED) is 0.743. The van der Waals surface area contributed by atoms with Crippen molar-refractivity contribution in [2.24, 2.45) is 0 Å². The molecule has 3 aromatic rings. The molecule has 0 aliphatic heterocycles. The van der Waals surface area contributed by atoms with Gasteiger partial charge >= 0.3 is 0 Å². The van der Waals surface area contributed by atoms with Gasteiger partial charge in [-0.05, 0) is 45.4 Å². The van der Waals surface area contributed by atoms with Crippen LogP contribution in [0.3, 0.4) is 0 Å². The third-order valence-electron chi connectivity index (χ3n) is 4.36. The van der Waals surface area contributed by atoms with E-state index in [0.717, 1.165) is 10.4 Å². The number of aryl methyl sites for hydroxylation is 2. The van der Waals surface area contributed by atoms with Crippen LogP contribution in [0.4, 0.5) is 5.69 Å². The number of para-hydroxylation sites is 2. The Morgan fingerprint density at radius 1 is 1.35 bits per heavy atom. The van der Waals surface area contributed by atoms with E-state index in [4.69, 9.17) is 4.74 Å². The molecule has 0 aliphatic rings. The summed E-state index contributed by atoms with van der Waals surface area (Å²) in [5.41, 5.74) is 1.31. The van der Waals surface area contributed by atoms with Crippen LogP contribution < -0.4 is 15.6 Å². The molecule has 0 saturated carbocycles. The summed E-state index contributed by atoms with van der Waals surface area (Å²) < 4.78 is 6.90. The molecule has 0 saturated heterocycles. The highest BCUT2D eigenvalue weighted by atomic mass is 32.1. The molecule has 2 heterocycles. The first-order chi connectivity index (χ1) is 12.4. The topological polar surface area (TPSA) is 73.2 Å². The Hall–Kier alpha value is -2.67. The van der Waals surface area contributed by atoms with Gasteiger partial charge < -0.3 is 10.1 Å². The summed E-state index contributed by atoms with van der Waals surface area (Å²) in [7, 11) is 0. The fourth-order valence-electron chi connectivity index (χ4n) is 2.74. The summed E-state index contributed by atoms with van der Waals surface area (Å²) in [5.74, 6) is 0.297. The van der Waals surface area contributed by atoms with Gasteiger partial charge in [-0.25, -0.2) is 4.98 Å². The lowest BCUT2D eigenvalue weighted by Crippen LogP contribution is -2.31. The number of fused-ring (bicyclic) bond motifs is 1. The molecule has 1 N–H and O–H groups in total. The molecule has 1 amide bonds. The second-order valence-corrected chi connectivity index (χ2v) is 7.22. The minimum absolute atomic E-state index is 0.197. The van der Waals surface area contributed by atoms with Crippen molar-refractivity contribution in [1.29, 1.82) is 0 Å². The van der Waals surface area contributed by atoms with Gasteiger partial charge in [0, 0.05) is 4.88 Å². The fraction of sp³-hybridized carbons (Fsp3) is 0.316. The van der Waals surface area contributed by atoms with E-state index in [1.54, 1.807) is 19.1 Å². The zero-order valence-corrected chi connectivity index (χ0v) is 16.0.